The van der Waals surface area contributed by atoms with Crippen LogP contribution in [0.15, 0.2) is 18.2 Å². The van der Waals surface area contributed by atoms with Crippen molar-refractivity contribution in [3.8, 4) is 0 Å². The molecule has 0 saturated heterocycles. The molecule has 0 amide bonds. The van der Waals surface area contributed by atoms with Gasteiger partial charge < -0.3 is 5.73 Å². The molecule has 1 aromatic carbocycles. The topological polar surface area (TPSA) is 26.0 Å². The first kappa shape index (κ1) is 10.6. The van der Waals surface area contributed by atoms with E-state index in [-0.39, 0.29) is 6.04 Å². The third-order valence-corrected chi connectivity index (χ3v) is 2.87. The third kappa shape index (κ3) is 2.75. The SMILES string of the molecule is CSCC(N)c1cc(C)ccc1C. The van der Waals surface area contributed by atoms with Crippen LogP contribution in [0, 0.1) is 13.8 Å². The molecule has 0 fully saturated rings. The highest BCUT2D eigenvalue weighted by atomic mass is 32.2. The van der Waals surface area contributed by atoms with Crippen molar-refractivity contribution >= 4 is 11.8 Å². The van der Waals surface area contributed by atoms with Gasteiger partial charge in [-0.1, -0.05) is 23.8 Å². The van der Waals surface area contributed by atoms with Crippen molar-refractivity contribution in [3.05, 3.63) is 34.9 Å². The quantitative estimate of drug-likeness (QED) is 0.802. The van der Waals surface area contributed by atoms with E-state index in [1.54, 1.807) is 11.8 Å². The minimum Gasteiger partial charge on any atom is -0.323 e. The Morgan fingerprint density at radius 1 is 1.38 bits per heavy atom. The van der Waals surface area contributed by atoms with Crippen LogP contribution in [0.4, 0.5) is 0 Å². The Balaban J connectivity index is 2.91. The van der Waals surface area contributed by atoms with Crippen molar-refractivity contribution in [1.29, 1.82) is 0 Å². The fourth-order valence-electron chi connectivity index (χ4n) is 1.43. The lowest BCUT2D eigenvalue weighted by Gasteiger charge is -2.14. The molecule has 0 aromatic heterocycles. The molecule has 1 aromatic rings. The highest BCUT2D eigenvalue weighted by Gasteiger charge is 2.07. The monoisotopic (exact) mass is 195 g/mol. The van der Waals surface area contributed by atoms with E-state index in [0.717, 1.165) is 5.75 Å². The first-order valence-corrected chi connectivity index (χ1v) is 5.86. The number of thioether (sulfide) groups is 1. The van der Waals surface area contributed by atoms with Crippen LogP contribution in [0.25, 0.3) is 0 Å². The lowest BCUT2D eigenvalue weighted by atomic mass is 10.0. The van der Waals surface area contributed by atoms with Crippen molar-refractivity contribution in [2.75, 3.05) is 12.0 Å². The molecular weight excluding hydrogens is 178 g/mol. The smallest absolute Gasteiger partial charge is 0.0389 e. The van der Waals surface area contributed by atoms with E-state index >= 15 is 0 Å². The summed E-state index contributed by atoms with van der Waals surface area (Å²) >= 11 is 1.79. The minimum atomic E-state index is 0.176. The van der Waals surface area contributed by atoms with Crippen LogP contribution in [0.3, 0.4) is 0 Å². The van der Waals surface area contributed by atoms with Crippen molar-refractivity contribution in [1.82, 2.24) is 0 Å². The molecule has 0 aliphatic rings. The number of aryl methyl sites for hydroxylation is 2. The van der Waals surface area contributed by atoms with Crippen LogP contribution in [-0.2, 0) is 0 Å². The van der Waals surface area contributed by atoms with Crippen LogP contribution < -0.4 is 5.73 Å². The fraction of sp³-hybridized carbons (Fsp3) is 0.455. The van der Waals surface area contributed by atoms with Crippen molar-refractivity contribution in [3.63, 3.8) is 0 Å². The Bertz CT molecular complexity index is 283. The zero-order chi connectivity index (χ0) is 9.84. The zero-order valence-corrected chi connectivity index (χ0v) is 9.32. The van der Waals surface area contributed by atoms with Crippen LogP contribution in [0.1, 0.15) is 22.7 Å². The molecule has 1 nitrogen and oxygen atoms in total. The minimum absolute atomic E-state index is 0.176. The number of benzene rings is 1. The van der Waals surface area contributed by atoms with Gasteiger partial charge in [-0.3, -0.25) is 0 Å². The molecule has 0 radical (unpaired) electrons. The maximum atomic E-state index is 6.05. The maximum absolute atomic E-state index is 6.05. The van der Waals surface area contributed by atoms with Gasteiger partial charge in [0, 0.05) is 11.8 Å². The Labute approximate surface area is 84.7 Å². The molecule has 0 saturated carbocycles. The molecule has 0 spiro atoms. The van der Waals surface area contributed by atoms with Crippen LogP contribution in [0.5, 0.6) is 0 Å². The Morgan fingerprint density at radius 2 is 2.08 bits per heavy atom. The van der Waals surface area contributed by atoms with Crippen LogP contribution in [-0.4, -0.2) is 12.0 Å². The van der Waals surface area contributed by atoms with Gasteiger partial charge in [0.1, 0.15) is 0 Å². The molecular formula is C11H17NS. The van der Waals surface area contributed by atoms with Gasteiger partial charge >= 0.3 is 0 Å². The van der Waals surface area contributed by atoms with Gasteiger partial charge in [0.25, 0.3) is 0 Å². The molecule has 72 valence electrons. The number of hydrogen-bond donors (Lipinski definition) is 1. The van der Waals surface area contributed by atoms with Crippen molar-refractivity contribution in [2.45, 2.75) is 19.9 Å². The predicted octanol–water partition coefficient (Wildman–Crippen LogP) is 2.67. The highest BCUT2D eigenvalue weighted by molar-refractivity contribution is 7.98. The molecule has 0 bridgehead atoms. The van der Waals surface area contributed by atoms with Gasteiger partial charge in [0.2, 0.25) is 0 Å². The summed E-state index contributed by atoms with van der Waals surface area (Å²) in [5.41, 5.74) is 9.93. The number of nitrogens with two attached hydrogens (primary N) is 1. The summed E-state index contributed by atoms with van der Waals surface area (Å²) in [7, 11) is 0. The summed E-state index contributed by atoms with van der Waals surface area (Å²) in [6.07, 6.45) is 2.09. The van der Waals surface area contributed by atoms with Gasteiger partial charge in [-0.05, 0) is 31.2 Å². The lowest BCUT2D eigenvalue weighted by Crippen LogP contribution is -2.14. The van der Waals surface area contributed by atoms with E-state index in [2.05, 4.69) is 38.3 Å². The van der Waals surface area contributed by atoms with Crippen LogP contribution in [0.2, 0.25) is 0 Å². The predicted molar refractivity (Wildman–Crippen MR) is 61.2 cm³/mol. The van der Waals surface area contributed by atoms with Gasteiger partial charge in [0.05, 0.1) is 0 Å². The average Bonchev–Trinajstić information content (AvgIpc) is 2.09. The van der Waals surface area contributed by atoms with E-state index in [1.165, 1.54) is 16.7 Å². The summed E-state index contributed by atoms with van der Waals surface area (Å²) in [5, 5.41) is 0. The second kappa shape index (κ2) is 4.68. The van der Waals surface area contributed by atoms with Crippen LogP contribution >= 0.6 is 11.8 Å². The largest absolute Gasteiger partial charge is 0.323 e. The fourth-order valence-corrected chi connectivity index (χ4v) is 1.97. The van der Waals surface area contributed by atoms with E-state index in [9.17, 15) is 0 Å². The van der Waals surface area contributed by atoms with E-state index in [0.29, 0.717) is 0 Å². The first-order valence-electron chi connectivity index (χ1n) is 4.47. The number of hydrogen-bond acceptors (Lipinski definition) is 2. The van der Waals surface area contributed by atoms with E-state index < -0.39 is 0 Å². The summed E-state index contributed by atoms with van der Waals surface area (Å²) in [4.78, 5) is 0. The molecule has 0 heterocycles. The molecule has 1 unspecified atom stereocenters. The molecule has 2 heteroatoms. The van der Waals surface area contributed by atoms with Gasteiger partial charge in [-0.15, -0.1) is 0 Å². The van der Waals surface area contributed by atoms with Crippen molar-refractivity contribution < 1.29 is 0 Å². The third-order valence-electron chi connectivity index (χ3n) is 2.18. The maximum Gasteiger partial charge on any atom is 0.0389 e. The second-order valence-electron chi connectivity index (χ2n) is 3.42. The molecule has 2 N–H and O–H groups in total. The average molecular weight is 195 g/mol. The Morgan fingerprint density at radius 3 is 2.69 bits per heavy atom. The van der Waals surface area contributed by atoms with Gasteiger partial charge in [-0.2, -0.15) is 11.8 Å². The Hall–Kier alpha value is -0.470. The van der Waals surface area contributed by atoms with Gasteiger partial charge in [-0.25, -0.2) is 0 Å². The summed E-state index contributed by atoms with van der Waals surface area (Å²) < 4.78 is 0. The normalized spacial score (nSPS) is 12.9. The van der Waals surface area contributed by atoms with Crippen molar-refractivity contribution in [2.24, 2.45) is 5.73 Å². The summed E-state index contributed by atoms with van der Waals surface area (Å²) in [5.74, 6) is 0.990. The summed E-state index contributed by atoms with van der Waals surface area (Å²) in [6.45, 7) is 4.23. The number of rotatable bonds is 3. The molecule has 1 rings (SSSR count). The first-order chi connectivity index (χ1) is 6.15. The second-order valence-corrected chi connectivity index (χ2v) is 4.33. The molecule has 0 aliphatic carbocycles. The summed E-state index contributed by atoms with van der Waals surface area (Å²) in [6, 6.07) is 6.64. The standard InChI is InChI=1S/C11H17NS/c1-8-4-5-9(2)10(6-8)11(12)7-13-3/h4-6,11H,7,12H2,1-3H3. The molecule has 0 aliphatic heterocycles. The molecule has 1 atom stereocenters. The zero-order valence-electron chi connectivity index (χ0n) is 8.50. The highest BCUT2D eigenvalue weighted by Crippen LogP contribution is 2.19. The lowest BCUT2D eigenvalue weighted by molar-refractivity contribution is 0.822. The van der Waals surface area contributed by atoms with E-state index in [4.69, 9.17) is 5.73 Å². The van der Waals surface area contributed by atoms with Gasteiger partial charge in [0.15, 0.2) is 0 Å². The Kier molecular flexibility index (Phi) is 3.82. The molecule has 13 heavy (non-hydrogen) atoms. The van der Waals surface area contributed by atoms with E-state index in [1.807, 2.05) is 0 Å².